The number of benzene rings is 2. The number of aromatic nitrogens is 3. The molecule has 0 radical (unpaired) electrons. The Morgan fingerprint density at radius 1 is 1.15 bits per heavy atom. The first-order chi connectivity index (χ1) is 12.9. The fourth-order valence-electron chi connectivity index (χ4n) is 2.35. The van der Waals surface area contributed by atoms with Crippen molar-refractivity contribution in [2.24, 2.45) is 0 Å². The molecule has 6 nitrogen and oxygen atoms in total. The number of carbonyl (C=O) groups excluding carboxylic acids is 1. The fourth-order valence-corrected chi connectivity index (χ4v) is 3.13. The van der Waals surface area contributed by atoms with Crippen molar-refractivity contribution in [1.29, 1.82) is 0 Å². The summed E-state index contributed by atoms with van der Waals surface area (Å²) in [6.07, 6.45) is 0. The topological polar surface area (TPSA) is 87.7 Å². The number of anilines is 1. The second-order valence-corrected chi connectivity index (χ2v) is 7.29. The van der Waals surface area contributed by atoms with Gasteiger partial charge >= 0.3 is 0 Å². The summed E-state index contributed by atoms with van der Waals surface area (Å²) < 4.78 is 0. The van der Waals surface area contributed by atoms with Gasteiger partial charge in [-0.15, -0.1) is 10.2 Å². The maximum absolute atomic E-state index is 12.3. The van der Waals surface area contributed by atoms with Crippen LogP contribution in [0, 0.1) is 13.8 Å². The number of aromatic amines is 1. The van der Waals surface area contributed by atoms with Gasteiger partial charge in [0, 0.05) is 16.3 Å². The molecule has 0 fully saturated rings. The molecule has 0 atom stereocenters. The van der Waals surface area contributed by atoms with Gasteiger partial charge in [-0.3, -0.25) is 14.6 Å². The molecular weight excluding hydrogens is 384 g/mol. The van der Waals surface area contributed by atoms with Crippen LogP contribution in [0.25, 0.3) is 11.3 Å². The first kappa shape index (κ1) is 19.1. The fraction of sp³-hybridized carbons (Fsp3) is 0.158. The lowest BCUT2D eigenvalue weighted by Crippen LogP contribution is -2.17. The van der Waals surface area contributed by atoms with Gasteiger partial charge in [-0.25, -0.2) is 0 Å². The lowest BCUT2D eigenvalue weighted by Gasteiger charge is -2.09. The number of amides is 1. The Hall–Kier alpha value is -2.64. The number of hydrogen-bond donors (Lipinski definition) is 2. The van der Waals surface area contributed by atoms with Crippen LogP contribution in [-0.4, -0.2) is 26.8 Å². The van der Waals surface area contributed by atoms with Crippen molar-refractivity contribution in [2.75, 3.05) is 11.1 Å². The van der Waals surface area contributed by atoms with Gasteiger partial charge in [-0.1, -0.05) is 59.3 Å². The summed E-state index contributed by atoms with van der Waals surface area (Å²) in [5.74, 6) is -0.142. The molecule has 0 bridgehead atoms. The van der Waals surface area contributed by atoms with Crippen LogP contribution < -0.4 is 10.9 Å². The molecule has 1 amide bonds. The third-order valence-corrected chi connectivity index (χ3v) is 5.16. The number of carbonyl (C=O) groups is 1. The highest BCUT2D eigenvalue weighted by molar-refractivity contribution is 7.99. The van der Waals surface area contributed by atoms with Crippen LogP contribution in [0.1, 0.15) is 11.1 Å². The van der Waals surface area contributed by atoms with Crippen LogP contribution in [0.15, 0.2) is 52.4 Å². The number of halogens is 1. The minimum Gasteiger partial charge on any atom is -0.325 e. The largest absolute Gasteiger partial charge is 0.325 e. The predicted octanol–water partition coefficient (Wildman–Crippen LogP) is 3.83. The van der Waals surface area contributed by atoms with Crippen molar-refractivity contribution in [3.05, 3.63) is 69.0 Å². The Bertz CT molecular complexity index is 1030. The molecule has 2 N–H and O–H groups in total. The minimum absolute atomic E-state index is 0.0838. The van der Waals surface area contributed by atoms with Gasteiger partial charge < -0.3 is 5.32 Å². The van der Waals surface area contributed by atoms with E-state index < -0.39 is 0 Å². The minimum atomic E-state index is -0.345. The maximum atomic E-state index is 12.3. The second kappa shape index (κ2) is 8.37. The van der Waals surface area contributed by atoms with Gasteiger partial charge in [-0.2, -0.15) is 0 Å². The summed E-state index contributed by atoms with van der Waals surface area (Å²) in [6, 6.07) is 12.8. The summed E-state index contributed by atoms with van der Waals surface area (Å²) in [5.41, 5.74) is 3.15. The van der Waals surface area contributed by atoms with Gasteiger partial charge in [0.2, 0.25) is 5.91 Å². The highest BCUT2D eigenvalue weighted by Crippen LogP contribution is 2.23. The molecule has 3 aromatic rings. The molecule has 8 heteroatoms. The molecule has 1 aromatic heterocycles. The lowest BCUT2D eigenvalue weighted by molar-refractivity contribution is -0.113. The van der Waals surface area contributed by atoms with E-state index >= 15 is 0 Å². The van der Waals surface area contributed by atoms with Crippen molar-refractivity contribution >= 4 is 35.0 Å². The summed E-state index contributed by atoms with van der Waals surface area (Å²) in [5, 5.41) is 11.7. The molecule has 0 unspecified atom stereocenters. The van der Waals surface area contributed by atoms with Crippen molar-refractivity contribution in [3.8, 4) is 11.3 Å². The Morgan fingerprint density at radius 3 is 2.59 bits per heavy atom. The Labute approximate surface area is 165 Å². The predicted molar refractivity (Wildman–Crippen MR) is 108 cm³/mol. The molecule has 138 valence electrons. The third kappa shape index (κ3) is 4.75. The number of thioether (sulfide) groups is 1. The van der Waals surface area contributed by atoms with E-state index in [-0.39, 0.29) is 28.1 Å². The van der Waals surface area contributed by atoms with E-state index in [9.17, 15) is 9.59 Å². The second-order valence-electron chi connectivity index (χ2n) is 5.92. The zero-order valence-corrected chi connectivity index (χ0v) is 16.3. The summed E-state index contributed by atoms with van der Waals surface area (Å²) >= 11 is 7.15. The first-order valence-corrected chi connectivity index (χ1v) is 9.52. The van der Waals surface area contributed by atoms with E-state index in [4.69, 9.17) is 11.6 Å². The van der Waals surface area contributed by atoms with Crippen LogP contribution in [0.3, 0.4) is 0 Å². The number of nitrogens with zero attached hydrogens (tertiary/aromatic N) is 2. The van der Waals surface area contributed by atoms with Gasteiger partial charge in [0.05, 0.1) is 5.75 Å². The molecular formula is C19H17ClN4O2S. The molecule has 3 rings (SSSR count). The van der Waals surface area contributed by atoms with Crippen LogP contribution in [-0.2, 0) is 4.79 Å². The zero-order valence-electron chi connectivity index (χ0n) is 14.7. The molecule has 2 aromatic carbocycles. The zero-order chi connectivity index (χ0) is 19.4. The summed E-state index contributed by atoms with van der Waals surface area (Å²) in [6.45, 7) is 3.80. The highest BCUT2D eigenvalue weighted by Gasteiger charge is 2.11. The first-order valence-electron chi connectivity index (χ1n) is 8.16. The van der Waals surface area contributed by atoms with Crippen molar-refractivity contribution in [2.45, 2.75) is 19.0 Å². The van der Waals surface area contributed by atoms with E-state index in [2.05, 4.69) is 20.5 Å². The van der Waals surface area contributed by atoms with E-state index in [0.29, 0.717) is 16.3 Å². The average Bonchev–Trinajstić information content (AvgIpc) is 2.65. The quantitative estimate of drug-likeness (QED) is 0.635. The molecule has 0 spiro atoms. The molecule has 0 aliphatic heterocycles. The Balaban J connectivity index is 1.65. The van der Waals surface area contributed by atoms with E-state index in [1.165, 1.54) is 0 Å². The number of H-pyrrole nitrogens is 1. The van der Waals surface area contributed by atoms with Gasteiger partial charge in [0.25, 0.3) is 5.56 Å². The molecule has 27 heavy (non-hydrogen) atoms. The molecule has 1 heterocycles. The molecule has 0 saturated carbocycles. The van der Waals surface area contributed by atoms with E-state index in [1.54, 1.807) is 18.2 Å². The van der Waals surface area contributed by atoms with Crippen LogP contribution in [0.4, 0.5) is 5.69 Å². The number of aryl methyl sites for hydroxylation is 1. The number of nitrogens with one attached hydrogen (secondary N) is 2. The third-order valence-electron chi connectivity index (χ3n) is 3.88. The molecule has 0 aliphatic carbocycles. The Morgan fingerprint density at radius 2 is 1.89 bits per heavy atom. The number of hydrogen-bond acceptors (Lipinski definition) is 5. The van der Waals surface area contributed by atoms with Gasteiger partial charge in [0.1, 0.15) is 0 Å². The van der Waals surface area contributed by atoms with Gasteiger partial charge in [0.15, 0.2) is 10.9 Å². The van der Waals surface area contributed by atoms with Crippen molar-refractivity contribution in [3.63, 3.8) is 0 Å². The standard InChI is InChI=1S/C19H17ClN4O2S/c1-11-6-8-13(9-7-11)17-18(26)22-19(24-23-17)27-10-16(25)21-15-5-3-4-14(20)12(15)2/h3-9H,10H2,1-2H3,(H,21,25)(H,22,24,26). The smallest absolute Gasteiger partial charge is 0.278 e. The lowest BCUT2D eigenvalue weighted by atomic mass is 10.1. The van der Waals surface area contributed by atoms with Crippen molar-refractivity contribution in [1.82, 2.24) is 15.2 Å². The van der Waals surface area contributed by atoms with E-state index in [1.807, 2.05) is 38.1 Å². The molecule has 0 aliphatic rings. The summed E-state index contributed by atoms with van der Waals surface area (Å²) in [4.78, 5) is 27.1. The van der Waals surface area contributed by atoms with Crippen LogP contribution >= 0.6 is 23.4 Å². The number of rotatable bonds is 5. The monoisotopic (exact) mass is 400 g/mol. The van der Waals surface area contributed by atoms with Crippen LogP contribution in [0.2, 0.25) is 5.02 Å². The average molecular weight is 401 g/mol. The van der Waals surface area contributed by atoms with Crippen LogP contribution in [0.5, 0.6) is 0 Å². The van der Waals surface area contributed by atoms with Crippen molar-refractivity contribution < 1.29 is 4.79 Å². The highest BCUT2D eigenvalue weighted by atomic mass is 35.5. The molecule has 0 saturated heterocycles. The Kier molecular flexibility index (Phi) is 5.93. The maximum Gasteiger partial charge on any atom is 0.278 e. The van der Waals surface area contributed by atoms with Gasteiger partial charge in [-0.05, 0) is 31.5 Å². The SMILES string of the molecule is Cc1ccc(-c2nnc(SCC(=O)Nc3cccc(Cl)c3C)[nH]c2=O)cc1. The summed E-state index contributed by atoms with van der Waals surface area (Å²) in [7, 11) is 0. The van der Waals surface area contributed by atoms with E-state index in [0.717, 1.165) is 22.9 Å². The normalized spacial score (nSPS) is 10.6.